The van der Waals surface area contributed by atoms with Crippen molar-refractivity contribution < 1.29 is 8.42 Å². The first-order valence-electron chi connectivity index (χ1n) is 6.44. The normalized spacial score (nSPS) is 16.9. The van der Waals surface area contributed by atoms with E-state index in [4.69, 9.17) is 0 Å². The molecule has 1 fully saturated rings. The van der Waals surface area contributed by atoms with E-state index in [-0.39, 0.29) is 12.4 Å². The van der Waals surface area contributed by atoms with Crippen LogP contribution in [0, 0.1) is 0 Å². The van der Waals surface area contributed by atoms with E-state index in [9.17, 15) is 8.42 Å². The third-order valence-electron chi connectivity index (χ3n) is 3.18. The predicted octanol–water partition coefficient (Wildman–Crippen LogP) is 1.65. The zero-order chi connectivity index (χ0) is 13.0. The average Bonchev–Trinajstić information content (AvgIpc) is 2.41. The van der Waals surface area contributed by atoms with Crippen LogP contribution in [0.15, 0.2) is 29.2 Å². The zero-order valence-electron chi connectivity index (χ0n) is 11.1. The molecule has 0 radical (unpaired) electrons. The summed E-state index contributed by atoms with van der Waals surface area (Å²) in [7, 11) is -3.30. The van der Waals surface area contributed by atoms with E-state index in [0.717, 1.165) is 25.9 Å². The molecule has 0 aliphatic carbocycles. The second kappa shape index (κ2) is 7.24. The Morgan fingerprint density at radius 3 is 2.26 bits per heavy atom. The van der Waals surface area contributed by atoms with Crippen LogP contribution in [0.3, 0.4) is 0 Å². The topological polar surface area (TPSA) is 49.4 Å². The van der Waals surface area contributed by atoms with Crippen LogP contribution in [0.5, 0.6) is 0 Å². The van der Waals surface area contributed by atoms with Gasteiger partial charge in [0.1, 0.15) is 0 Å². The second-order valence-corrected chi connectivity index (χ2v) is 6.49. The molecule has 0 unspecified atom stereocenters. The fourth-order valence-corrected chi connectivity index (χ4v) is 3.59. The minimum Gasteiger partial charge on any atom is -0.314 e. The van der Waals surface area contributed by atoms with Crippen molar-refractivity contribution in [1.82, 2.24) is 9.62 Å². The summed E-state index contributed by atoms with van der Waals surface area (Å²) in [5, 5.41) is 3.16. The molecule has 1 aromatic rings. The molecule has 1 N–H and O–H groups in total. The van der Waals surface area contributed by atoms with Crippen molar-refractivity contribution in [2.75, 3.05) is 26.2 Å². The molecule has 2 rings (SSSR count). The molecule has 6 heteroatoms. The smallest absolute Gasteiger partial charge is 0.243 e. The van der Waals surface area contributed by atoms with Crippen LogP contribution < -0.4 is 5.32 Å². The van der Waals surface area contributed by atoms with Crippen LogP contribution in [0.1, 0.15) is 18.9 Å². The summed E-state index contributed by atoms with van der Waals surface area (Å²) in [4.78, 5) is 0.407. The predicted molar refractivity (Wildman–Crippen MR) is 79.3 cm³/mol. The highest BCUT2D eigenvalue weighted by Gasteiger charge is 2.25. The van der Waals surface area contributed by atoms with Gasteiger partial charge in [0.05, 0.1) is 4.90 Å². The van der Waals surface area contributed by atoms with E-state index in [1.54, 1.807) is 16.4 Å². The molecule has 0 atom stereocenters. The average molecular weight is 305 g/mol. The molecule has 1 saturated heterocycles. The van der Waals surface area contributed by atoms with E-state index in [0.29, 0.717) is 18.0 Å². The van der Waals surface area contributed by atoms with Crippen LogP contribution in [-0.2, 0) is 16.4 Å². The molecule has 0 amide bonds. The van der Waals surface area contributed by atoms with Crippen LogP contribution >= 0.6 is 12.4 Å². The summed E-state index contributed by atoms with van der Waals surface area (Å²) in [5.41, 5.74) is 1.19. The maximum absolute atomic E-state index is 12.4. The van der Waals surface area contributed by atoms with Gasteiger partial charge in [0.2, 0.25) is 10.0 Å². The number of benzene rings is 1. The summed E-state index contributed by atoms with van der Waals surface area (Å²) in [6.07, 6.45) is 2.07. The lowest BCUT2D eigenvalue weighted by Crippen LogP contribution is -2.46. The number of nitrogens with one attached hydrogen (secondary N) is 1. The van der Waals surface area contributed by atoms with Gasteiger partial charge in [-0.1, -0.05) is 25.5 Å². The van der Waals surface area contributed by atoms with Crippen molar-refractivity contribution in [2.45, 2.75) is 24.7 Å². The van der Waals surface area contributed by atoms with Gasteiger partial charge in [0.15, 0.2) is 0 Å². The van der Waals surface area contributed by atoms with E-state index in [1.807, 2.05) is 12.1 Å². The Morgan fingerprint density at radius 1 is 1.16 bits per heavy atom. The largest absolute Gasteiger partial charge is 0.314 e. The van der Waals surface area contributed by atoms with Gasteiger partial charge in [-0.15, -0.1) is 12.4 Å². The van der Waals surface area contributed by atoms with Crippen molar-refractivity contribution >= 4 is 22.4 Å². The Morgan fingerprint density at radius 2 is 1.74 bits per heavy atom. The minimum atomic E-state index is -3.30. The molecule has 0 saturated carbocycles. The fraction of sp³-hybridized carbons (Fsp3) is 0.538. The number of piperazine rings is 1. The summed E-state index contributed by atoms with van der Waals surface area (Å²) in [5.74, 6) is 0. The molecule has 0 bridgehead atoms. The Bertz CT molecular complexity index is 482. The number of halogens is 1. The molecule has 1 aromatic carbocycles. The molecule has 0 aromatic heterocycles. The summed E-state index contributed by atoms with van der Waals surface area (Å²) >= 11 is 0. The van der Waals surface area contributed by atoms with Gasteiger partial charge in [-0.05, 0) is 24.1 Å². The highest BCUT2D eigenvalue weighted by Crippen LogP contribution is 2.17. The van der Waals surface area contributed by atoms with E-state index >= 15 is 0 Å². The number of rotatable bonds is 4. The molecular weight excluding hydrogens is 284 g/mol. The highest BCUT2D eigenvalue weighted by molar-refractivity contribution is 7.89. The quantitative estimate of drug-likeness (QED) is 0.920. The Kier molecular flexibility index (Phi) is 6.26. The number of hydrogen-bond donors (Lipinski definition) is 1. The van der Waals surface area contributed by atoms with Gasteiger partial charge in [0.25, 0.3) is 0 Å². The van der Waals surface area contributed by atoms with Crippen molar-refractivity contribution in [3.05, 3.63) is 29.8 Å². The number of aryl methyl sites for hydroxylation is 1. The van der Waals surface area contributed by atoms with Gasteiger partial charge >= 0.3 is 0 Å². The van der Waals surface area contributed by atoms with Gasteiger partial charge < -0.3 is 5.32 Å². The molecule has 0 spiro atoms. The monoisotopic (exact) mass is 304 g/mol. The van der Waals surface area contributed by atoms with Crippen LogP contribution in [0.4, 0.5) is 0 Å². The standard InChI is InChI=1S/C13H20N2O2S.ClH/c1-2-3-12-4-6-13(7-5-12)18(16,17)15-10-8-14-9-11-15;/h4-7,14H,2-3,8-11H2,1H3;1H. The van der Waals surface area contributed by atoms with E-state index in [2.05, 4.69) is 12.2 Å². The molecule has 4 nitrogen and oxygen atoms in total. The summed E-state index contributed by atoms with van der Waals surface area (Å²) < 4.78 is 26.3. The Hall–Kier alpha value is -0.620. The molecule has 1 aliphatic heterocycles. The summed E-state index contributed by atoms with van der Waals surface area (Å²) in [6.45, 7) is 4.68. The third-order valence-corrected chi connectivity index (χ3v) is 5.09. The van der Waals surface area contributed by atoms with Crippen molar-refractivity contribution in [1.29, 1.82) is 0 Å². The van der Waals surface area contributed by atoms with Gasteiger partial charge in [-0.25, -0.2) is 8.42 Å². The molecular formula is C13H21ClN2O2S. The molecule has 1 heterocycles. The number of hydrogen-bond acceptors (Lipinski definition) is 3. The van der Waals surface area contributed by atoms with Crippen molar-refractivity contribution in [3.63, 3.8) is 0 Å². The molecule has 1 aliphatic rings. The Labute approximate surface area is 121 Å². The highest BCUT2D eigenvalue weighted by atomic mass is 35.5. The minimum absolute atomic E-state index is 0. The van der Waals surface area contributed by atoms with E-state index in [1.165, 1.54) is 5.56 Å². The van der Waals surface area contributed by atoms with Crippen molar-refractivity contribution in [3.8, 4) is 0 Å². The van der Waals surface area contributed by atoms with Gasteiger partial charge in [0, 0.05) is 26.2 Å². The lowest BCUT2D eigenvalue weighted by Gasteiger charge is -2.26. The Balaban J connectivity index is 0.00000180. The lowest BCUT2D eigenvalue weighted by molar-refractivity contribution is 0.360. The van der Waals surface area contributed by atoms with Crippen LogP contribution in [-0.4, -0.2) is 38.9 Å². The number of nitrogens with zero attached hydrogens (tertiary/aromatic N) is 1. The maximum atomic E-state index is 12.4. The van der Waals surface area contributed by atoms with Crippen molar-refractivity contribution in [2.24, 2.45) is 0 Å². The zero-order valence-corrected chi connectivity index (χ0v) is 12.8. The first-order chi connectivity index (χ1) is 8.64. The van der Waals surface area contributed by atoms with Crippen LogP contribution in [0.25, 0.3) is 0 Å². The van der Waals surface area contributed by atoms with Crippen LogP contribution in [0.2, 0.25) is 0 Å². The fourth-order valence-electron chi connectivity index (χ4n) is 2.15. The third kappa shape index (κ3) is 3.92. The lowest BCUT2D eigenvalue weighted by atomic mass is 10.1. The first kappa shape index (κ1) is 16.4. The maximum Gasteiger partial charge on any atom is 0.243 e. The SMILES string of the molecule is CCCc1ccc(S(=O)(=O)N2CCNCC2)cc1.Cl. The molecule has 108 valence electrons. The summed E-state index contributed by atoms with van der Waals surface area (Å²) in [6, 6.07) is 7.28. The second-order valence-electron chi connectivity index (χ2n) is 4.55. The van der Waals surface area contributed by atoms with Gasteiger partial charge in [-0.3, -0.25) is 0 Å². The molecule has 19 heavy (non-hydrogen) atoms. The first-order valence-corrected chi connectivity index (χ1v) is 7.88. The van der Waals surface area contributed by atoms with E-state index < -0.39 is 10.0 Å². The number of sulfonamides is 1. The van der Waals surface area contributed by atoms with Gasteiger partial charge in [-0.2, -0.15) is 4.31 Å².